The van der Waals surface area contributed by atoms with Gasteiger partial charge in [0.05, 0.1) is 5.52 Å². The number of phenols is 1. The van der Waals surface area contributed by atoms with Crippen LogP contribution in [0, 0.1) is 11.6 Å². The van der Waals surface area contributed by atoms with Gasteiger partial charge in [-0.1, -0.05) is 0 Å². The number of nitrogens with one attached hydrogen (secondary N) is 1. The minimum absolute atomic E-state index is 0.415. The van der Waals surface area contributed by atoms with E-state index in [1.807, 2.05) is 18.2 Å². The molecule has 0 spiro atoms. The van der Waals surface area contributed by atoms with Crippen LogP contribution in [-0.4, -0.2) is 15.1 Å². The number of rotatable bonds is 1. The average molecular weight is 350 g/mol. The van der Waals surface area contributed by atoms with Crippen LogP contribution in [0.3, 0.4) is 0 Å². The molecule has 0 radical (unpaired) electrons. The molecular formula is C21H16F2N2O. The molecule has 1 aliphatic carbocycles. The first kappa shape index (κ1) is 15.3. The minimum atomic E-state index is -0.950. The smallest absolute Gasteiger partial charge is 0.187 e. The third kappa shape index (κ3) is 2.13. The number of H-pyrrole nitrogens is 1. The van der Waals surface area contributed by atoms with E-state index in [4.69, 9.17) is 0 Å². The first-order chi connectivity index (χ1) is 12.6. The zero-order valence-corrected chi connectivity index (χ0v) is 13.9. The normalized spacial score (nSPS) is 14.1. The minimum Gasteiger partial charge on any atom is -0.503 e. The standard InChI is InChI=1S/C21H16F2N2O/c22-15-9-11(10-16(23)21(15)26)20-13-4-2-1-3-12(13)19-14-7-8-24-17(14)5-6-18(19)25-20/h5-10,25-26H,1-4H2. The maximum atomic E-state index is 13.9. The van der Waals surface area contributed by atoms with Crippen molar-refractivity contribution in [2.24, 2.45) is 0 Å². The monoisotopic (exact) mass is 350 g/mol. The number of benzene rings is 2. The summed E-state index contributed by atoms with van der Waals surface area (Å²) in [6.07, 6.45) is 5.72. The van der Waals surface area contributed by atoms with E-state index in [1.54, 1.807) is 6.20 Å². The summed E-state index contributed by atoms with van der Waals surface area (Å²) in [4.78, 5) is 7.77. The molecule has 5 heteroatoms. The summed E-state index contributed by atoms with van der Waals surface area (Å²) >= 11 is 0. The third-order valence-corrected chi connectivity index (χ3v) is 5.31. The van der Waals surface area contributed by atoms with E-state index in [0.717, 1.165) is 58.7 Å². The molecule has 0 fully saturated rings. The summed E-state index contributed by atoms with van der Waals surface area (Å²) in [5.41, 5.74) is 5.35. The molecule has 2 N–H and O–H groups in total. The van der Waals surface area contributed by atoms with Crippen LogP contribution in [0.15, 0.2) is 36.5 Å². The third-order valence-electron chi connectivity index (χ3n) is 5.31. The molecule has 0 aliphatic heterocycles. The van der Waals surface area contributed by atoms with Gasteiger partial charge in [0.25, 0.3) is 0 Å². The molecule has 0 atom stereocenters. The van der Waals surface area contributed by atoms with Crippen molar-refractivity contribution >= 4 is 21.8 Å². The topological polar surface area (TPSA) is 48.9 Å². The van der Waals surface area contributed by atoms with Crippen LogP contribution in [0.2, 0.25) is 0 Å². The number of nitrogens with zero attached hydrogens (tertiary/aromatic N) is 1. The molecule has 4 aromatic rings. The molecule has 130 valence electrons. The Morgan fingerprint density at radius 2 is 1.69 bits per heavy atom. The summed E-state index contributed by atoms with van der Waals surface area (Å²) in [7, 11) is 0. The Hall–Kier alpha value is -2.95. The zero-order chi connectivity index (χ0) is 17.8. The van der Waals surface area contributed by atoms with Gasteiger partial charge < -0.3 is 10.1 Å². The summed E-state index contributed by atoms with van der Waals surface area (Å²) in [5.74, 6) is -2.84. The SMILES string of the molecule is Oc1c(F)cc(-c2[nH]c3ccc4nccc4c3c3c2CCCC3)cc1F. The highest BCUT2D eigenvalue weighted by atomic mass is 19.1. The predicted octanol–water partition coefficient (Wildman–Crippen LogP) is 5.25. The first-order valence-corrected chi connectivity index (χ1v) is 8.73. The summed E-state index contributed by atoms with van der Waals surface area (Å²) < 4.78 is 27.9. The first-order valence-electron chi connectivity index (χ1n) is 8.73. The summed E-state index contributed by atoms with van der Waals surface area (Å²) in [6.45, 7) is 0. The fourth-order valence-electron chi connectivity index (χ4n) is 4.13. The van der Waals surface area contributed by atoms with Gasteiger partial charge >= 0.3 is 0 Å². The molecule has 26 heavy (non-hydrogen) atoms. The highest BCUT2D eigenvalue weighted by Crippen LogP contribution is 2.39. The molecule has 0 unspecified atom stereocenters. The van der Waals surface area contributed by atoms with E-state index in [2.05, 4.69) is 9.97 Å². The van der Waals surface area contributed by atoms with E-state index in [0.29, 0.717) is 5.56 Å². The molecule has 0 saturated carbocycles. The maximum absolute atomic E-state index is 13.9. The molecule has 0 bridgehead atoms. The van der Waals surface area contributed by atoms with Crippen molar-refractivity contribution in [3.8, 4) is 17.0 Å². The molecule has 0 saturated heterocycles. The number of aryl methyl sites for hydroxylation is 1. The van der Waals surface area contributed by atoms with Crippen molar-refractivity contribution < 1.29 is 13.9 Å². The molecule has 3 nitrogen and oxygen atoms in total. The zero-order valence-electron chi connectivity index (χ0n) is 13.9. The lowest BCUT2D eigenvalue weighted by atomic mass is 9.85. The number of aromatic nitrogens is 2. The number of hydrogen-bond acceptors (Lipinski definition) is 2. The molecular weight excluding hydrogens is 334 g/mol. The Balaban J connectivity index is 1.88. The van der Waals surface area contributed by atoms with Crippen molar-refractivity contribution in [2.75, 3.05) is 0 Å². The second-order valence-electron chi connectivity index (χ2n) is 6.82. The van der Waals surface area contributed by atoms with E-state index in [-0.39, 0.29) is 0 Å². The van der Waals surface area contributed by atoms with Crippen LogP contribution in [0.5, 0.6) is 5.75 Å². The number of fused-ring (bicyclic) bond motifs is 5. The van der Waals surface area contributed by atoms with E-state index >= 15 is 0 Å². The second kappa shape index (κ2) is 5.53. The fraction of sp³-hybridized carbons (Fsp3) is 0.190. The van der Waals surface area contributed by atoms with Gasteiger partial charge in [0.1, 0.15) is 0 Å². The Labute approximate surface area is 148 Å². The summed E-state index contributed by atoms with van der Waals surface area (Å²) in [5, 5.41) is 11.7. The molecule has 5 rings (SSSR count). The van der Waals surface area contributed by atoms with Gasteiger partial charge in [0.15, 0.2) is 17.4 Å². The van der Waals surface area contributed by atoms with Gasteiger partial charge in [-0.2, -0.15) is 0 Å². The quantitative estimate of drug-likeness (QED) is 0.493. The van der Waals surface area contributed by atoms with Crippen LogP contribution in [0.1, 0.15) is 24.0 Å². The van der Waals surface area contributed by atoms with Crippen LogP contribution < -0.4 is 0 Å². The average Bonchev–Trinajstić information content (AvgIpc) is 3.13. The number of halogens is 2. The number of aromatic amines is 1. The van der Waals surface area contributed by atoms with Gasteiger partial charge in [-0.3, -0.25) is 4.98 Å². The van der Waals surface area contributed by atoms with Crippen molar-refractivity contribution in [1.82, 2.24) is 9.97 Å². The van der Waals surface area contributed by atoms with Crippen molar-refractivity contribution in [3.63, 3.8) is 0 Å². The van der Waals surface area contributed by atoms with Gasteiger partial charge in [-0.15, -0.1) is 0 Å². The predicted molar refractivity (Wildman–Crippen MR) is 97.3 cm³/mol. The lowest BCUT2D eigenvalue weighted by Crippen LogP contribution is -2.08. The van der Waals surface area contributed by atoms with Gasteiger partial charge in [0, 0.05) is 33.7 Å². The van der Waals surface area contributed by atoms with Crippen LogP contribution >= 0.6 is 0 Å². The number of pyridine rings is 1. The van der Waals surface area contributed by atoms with Crippen molar-refractivity contribution in [1.29, 1.82) is 0 Å². The van der Waals surface area contributed by atoms with Gasteiger partial charge in [0.2, 0.25) is 0 Å². The molecule has 2 aromatic heterocycles. The van der Waals surface area contributed by atoms with Gasteiger partial charge in [-0.25, -0.2) is 8.78 Å². The fourth-order valence-corrected chi connectivity index (χ4v) is 4.13. The molecule has 2 aromatic carbocycles. The lowest BCUT2D eigenvalue weighted by Gasteiger charge is -2.23. The van der Waals surface area contributed by atoms with Crippen molar-refractivity contribution in [2.45, 2.75) is 25.7 Å². The van der Waals surface area contributed by atoms with Crippen LogP contribution in [0.4, 0.5) is 8.78 Å². The number of hydrogen-bond donors (Lipinski definition) is 2. The summed E-state index contributed by atoms with van der Waals surface area (Å²) in [6, 6.07) is 8.31. The van der Waals surface area contributed by atoms with E-state index < -0.39 is 17.4 Å². The largest absolute Gasteiger partial charge is 0.503 e. The number of aromatic hydroxyl groups is 1. The van der Waals surface area contributed by atoms with Gasteiger partial charge in [-0.05, 0) is 67.1 Å². The molecule has 0 amide bonds. The molecule has 1 aliphatic rings. The Morgan fingerprint density at radius 1 is 0.962 bits per heavy atom. The highest BCUT2D eigenvalue weighted by molar-refractivity contribution is 6.08. The lowest BCUT2D eigenvalue weighted by molar-refractivity contribution is 0.396. The molecule has 2 heterocycles. The highest BCUT2D eigenvalue weighted by Gasteiger charge is 2.21. The van der Waals surface area contributed by atoms with E-state index in [1.165, 1.54) is 17.7 Å². The Morgan fingerprint density at radius 3 is 2.46 bits per heavy atom. The Kier molecular flexibility index (Phi) is 3.26. The van der Waals surface area contributed by atoms with Crippen LogP contribution in [-0.2, 0) is 12.8 Å². The second-order valence-corrected chi connectivity index (χ2v) is 6.82. The maximum Gasteiger partial charge on any atom is 0.187 e. The van der Waals surface area contributed by atoms with E-state index in [9.17, 15) is 13.9 Å². The number of phenolic OH excluding ortho intramolecular Hbond substituents is 1. The Bertz CT molecular complexity index is 1160. The van der Waals surface area contributed by atoms with Crippen molar-refractivity contribution in [3.05, 3.63) is 59.3 Å². The van der Waals surface area contributed by atoms with Crippen LogP contribution in [0.25, 0.3) is 33.1 Å².